The predicted octanol–water partition coefficient (Wildman–Crippen LogP) is 3.16. The van der Waals surface area contributed by atoms with E-state index >= 15 is 0 Å². The third kappa shape index (κ3) is 2.87. The van der Waals surface area contributed by atoms with Crippen LogP contribution in [-0.4, -0.2) is 9.97 Å². The molecule has 1 aromatic heterocycles. The number of hydrogen-bond acceptors (Lipinski definition) is 4. The minimum atomic E-state index is -0.460. The molecule has 0 radical (unpaired) electrons. The summed E-state index contributed by atoms with van der Waals surface area (Å²) in [7, 11) is 0. The Morgan fingerprint density at radius 3 is 2.78 bits per heavy atom. The first-order valence-electron chi connectivity index (χ1n) is 5.44. The van der Waals surface area contributed by atoms with Crippen molar-refractivity contribution in [2.75, 3.05) is 11.1 Å². The Morgan fingerprint density at radius 1 is 1.33 bits per heavy atom. The van der Waals surface area contributed by atoms with Crippen LogP contribution in [0, 0.1) is 5.82 Å². The number of benzene rings is 1. The number of rotatable bonds is 3. The molecule has 6 heteroatoms. The van der Waals surface area contributed by atoms with Crippen LogP contribution in [0.3, 0.4) is 0 Å². The molecule has 0 aliphatic rings. The van der Waals surface area contributed by atoms with Gasteiger partial charge in [-0.2, -0.15) is 0 Å². The van der Waals surface area contributed by atoms with E-state index in [2.05, 4.69) is 15.3 Å². The fraction of sp³-hybridized carbons (Fsp3) is 0.167. The van der Waals surface area contributed by atoms with E-state index < -0.39 is 5.82 Å². The van der Waals surface area contributed by atoms with Gasteiger partial charge in [-0.25, -0.2) is 14.4 Å². The average molecular weight is 267 g/mol. The molecule has 94 valence electrons. The molecule has 2 rings (SSSR count). The van der Waals surface area contributed by atoms with Gasteiger partial charge in [0.1, 0.15) is 23.3 Å². The molecule has 0 spiro atoms. The Morgan fingerprint density at radius 2 is 2.11 bits per heavy atom. The minimum Gasteiger partial charge on any atom is -0.384 e. The molecule has 2 aromatic rings. The molecule has 0 saturated heterocycles. The highest BCUT2D eigenvalue weighted by Gasteiger charge is 2.04. The maximum atomic E-state index is 13.0. The highest BCUT2D eigenvalue weighted by molar-refractivity contribution is 6.31. The molecule has 0 aliphatic heterocycles. The van der Waals surface area contributed by atoms with Gasteiger partial charge in [0, 0.05) is 18.2 Å². The van der Waals surface area contributed by atoms with E-state index in [1.165, 1.54) is 12.1 Å². The van der Waals surface area contributed by atoms with Gasteiger partial charge >= 0.3 is 0 Å². The van der Waals surface area contributed by atoms with Gasteiger partial charge in [0.2, 0.25) is 0 Å². The van der Waals surface area contributed by atoms with E-state index in [0.717, 1.165) is 0 Å². The third-order valence-electron chi connectivity index (χ3n) is 2.30. The summed E-state index contributed by atoms with van der Waals surface area (Å²) in [5, 5.41) is 3.06. The monoisotopic (exact) mass is 266 g/mol. The van der Waals surface area contributed by atoms with E-state index in [9.17, 15) is 4.39 Å². The van der Waals surface area contributed by atoms with Crippen molar-refractivity contribution in [3.05, 3.63) is 40.9 Å². The Balaban J connectivity index is 2.27. The molecule has 3 N–H and O–H groups in total. The van der Waals surface area contributed by atoms with Crippen LogP contribution in [0.2, 0.25) is 5.02 Å². The molecule has 1 aromatic carbocycles. The molecule has 0 fully saturated rings. The second-order valence-corrected chi connectivity index (χ2v) is 4.11. The molecular formula is C12H12ClFN4. The highest BCUT2D eigenvalue weighted by atomic mass is 35.5. The van der Waals surface area contributed by atoms with Gasteiger partial charge in [0.05, 0.1) is 5.02 Å². The molecule has 0 bridgehead atoms. The van der Waals surface area contributed by atoms with Gasteiger partial charge in [0.15, 0.2) is 0 Å². The lowest BCUT2D eigenvalue weighted by Crippen LogP contribution is -2.02. The molecule has 1 heterocycles. The van der Waals surface area contributed by atoms with E-state index in [0.29, 0.717) is 29.6 Å². The maximum absolute atomic E-state index is 13.0. The number of nitrogens with two attached hydrogens (primary N) is 1. The Kier molecular flexibility index (Phi) is 3.62. The second-order valence-electron chi connectivity index (χ2n) is 3.70. The average Bonchev–Trinajstić information content (AvgIpc) is 2.33. The fourth-order valence-corrected chi connectivity index (χ4v) is 1.64. The number of aryl methyl sites for hydroxylation is 1. The maximum Gasteiger partial charge on any atom is 0.141 e. The summed E-state index contributed by atoms with van der Waals surface area (Å²) in [4.78, 5) is 8.33. The van der Waals surface area contributed by atoms with E-state index in [4.69, 9.17) is 17.3 Å². The molecule has 0 saturated carbocycles. The van der Waals surface area contributed by atoms with Crippen LogP contribution in [0.5, 0.6) is 0 Å². The highest BCUT2D eigenvalue weighted by Crippen LogP contribution is 2.22. The first kappa shape index (κ1) is 12.6. The fourth-order valence-electron chi connectivity index (χ4n) is 1.46. The second kappa shape index (κ2) is 5.18. The molecule has 0 atom stereocenters. The van der Waals surface area contributed by atoms with Gasteiger partial charge in [-0.3, -0.25) is 0 Å². The summed E-state index contributed by atoms with van der Waals surface area (Å²) < 4.78 is 13.0. The van der Waals surface area contributed by atoms with Crippen LogP contribution < -0.4 is 11.1 Å². The first-order valence-corrected chi connectivity index (χ1v) is 5.82. The minimum absolute atomic E-state index is 0.0535. The van der Waals surface area contributed by atoms with Gasteiger partial charge < -0.3 is 11.1 Å². The van der Waals surface area contributed by atoms with E-state index in [1.54, 1.807) is 12.1 Å². The lowest BCUT2D eigenvalue weighted by molar-refractivity contribution is 0.628. The SMILES string of the molecule is CCc1nc(N)cc(Nc2ccc(F)c(Cl)c2)n1. The van der Waals surface area contributed by atoms with Crippen LogP contribution >= 0.6 is 11.6 Å². The zero-order valence-corrected chi connectivity index (χ0v) is 10.5. The Labute approximate surface area is 109 Å². The van der Waals surface area contributed by atoms with Crippen LogP contribution in [-0.2, 0) is 6.42 Å². The van der Waals surface area contributed by atoms with Crippen molar-refractivity contribution in [3.63, 3.8) is 0 Å². The lowest BCUT2D eigenvalue weighted by Gasteiger charge is -2.08. The van der Waals surface area contributed by atoms with Crippen molar-refractivity contribution in [3.8, 4) is 0 Å². The van der Waals surface area contributed by atoms with Crippen molar-refractivity contribution >= 4 is 28.9 Å². The van der Waals surface area contributed by atoms with Crippen LogP contribution in [0.1, 0.15) is 12.7 Å². The lowest BCUT2D eigenvalue weighted by atomic mass is 10.3. The Hall–Kier alpha value is -1.88. The van der Waals surface area contributed by atoms with Gasteiger partial charge in [-0.1, -0.05) is 18.5 Å². The molecule has 4 nitrogen and oxygen atoms in total. The summed E-state index contributed by atoms with van der Waals surface area (Å²) in [5.41, 5.74) is 6.31. The summed E-state index contributed by atoms with van der Waals surface area (Å²) >= 11 is 5.70. The topological polar surface area (TPSA) is 63.8 Å². The zero-order valence-electron chi connectivity index (χ0n) is 9.74. The standard InChI is InChI=1S/C12H12ClFN4/c1-2-11-17-10(15)6-12(18-11)16-7-3-4-9(14)8(13)5-7/h3-6H,2H2,1H3,(H3,15,16,17,18). The summed E-state index contributed by atoms with van der Waals surface area (Å²) in [6.45, 7) is 1.94. The van der Waals surface area contributed by atoms with Crippen molar-refractivity contribution in [2.45, 2.75) is 13.3 Å². The summed E-state index contributed by atoms with van der Waals surface area (Å²) in [5.74, 6) is 1.13. The number of nitrogen functional groups attached to an aromatic ring is 1. The van der Waals surface area contributed by atoms with Crippen LogP contribution in [0.15, 0.2) is 24.3 Å². The number of hydrogen-bond donors (Lipinski definition) is 2. The first-order chi connectivity index (χ1) is 8.58. The van der Waals surface area contributed by atoms with Crippen LogP contribution in [0.25, 0.3) is 0 Å². The predicted molar refractivity (Wildman–Crippen MR) is 70.5 cm³/mol. The number of nitrogens with zero attached hydrogens (tertiary/aromatic N) is 2. The number of anilines is 3. The smallest absolute Gasteiger partial charge is 0.141 e. The zero-order chi connectivity index (χ0) is 13.1. The van der Waals surface area contributed by atoms with Gasteiger partial charge in [0.25, 0.3) is 0 Å². The van der Waals surface area contributed by atoms with E-state index in [1.807, 2.05) is 6.92 Å². The van der Waals surface area contributed by atoms with Gasteiger partial charge in [-0.05, 0) is 18.2 Å². The van der Waals surface area contributed by atoms with Crippen molar-refractivity contribution in [2.24, 2.45) is 0 Å². The Bertz CT molecular complexity index is 574. The molecule has 0 aliphatic carbocycles. The summed E-state index contributed by atoms with van der Waals surface area (Å²) in [6, 6.07) is 5.96. The molecule has 0 unspecified atom stereocenters. The molecular weight excluding hydrogens is 255 g/mol. The number of aromatic nitrogens is 2. The van der Waals surface area contributed by atoms with Crippen molar-refractivity contribution in [1.82, 2.24) is 9.97 Å². The van der Waals surface area contributed by atoms with Gasteiger partial charge in [-0.15, -0.1) is 0 Å². The van der Waals surface area contributed by atoms with Crippen LogP contribution in [0.4, 0.5) is 21.7 Å². The summed E-state index contributed by atoms with van der Waals surface area (Å²) in [6.07, 6.45) is 0.684. The third-order valence-corrected chi connectivity index (χ3v) is 2.59. The van der Waals surface area contributed by atoms with E-state index in [-0.39, 0.29) is 5.02 Å². The number of halogens is 2. The quantitative estimate of drug-likeness (QED) is 0.896. The normalized spacial score (nSPS) is 10.4. The van der Waals surface area contributed by atoms with Crippen molar-refractivity contribution < 1.29 is 4.39 Å². The number of nitrogens with one attached hydrogen (secondary N) is 1. The molecule has 18 heavy (non-hydrogen) atoms. The molecule has 0 amide bonds. The largest absolute Gasteiger partial charge is 0.384 e. The van der Waals surface area contributed by atoms with Crippen molar-refractivity contribution in [1.29, 1.82) is 0 Å².